The van der Waals surface area contributed by atoms with Gasteiger partial charge in [0.15, 0.2) is 11.5 Å². The summed E-state index contributed by atoms with van der Waals surface area (Å²) in [7, 11) is 1.94. The predicted octanol–water partition coefficient (Wildman–Crippen LogP) is 3.47. The van der Waals surface area contributed by atoms with Crippen LogP contribution >= 0.6 is 0 Å². The van der Waals surface area contributed by atoms with Crippen molar-refractivity contribution in [2.75, 3.05) is 19.8 Å². The van der Waals surface area contributed by atoms with Crippen molar-refractivity contribution < 1.29 is 14.3 Å². The van der Waals surface area contributed by atoms with Crippen molar-refractivity contribution in [3.8, 4) is 11.5 Å². The largest absolute Gasteiger partial charge is 0.490 e. The molecule has 0 bridgehead atoms. The van der Waals surface area contributed by atoms with Crippen molar-refractivity contribution in [2.45, 2.75) is 19.4 Å². The minimum absolute atomic E-state index is 0.0421. The number of amides is 1. The maximum absolute atomic E-state index is 13.4. The highest BCUT2D eigenvalue weighted by Crippen LogP contribution is 2.31. The fourth-order valence-corrected chi connectivity index (χ4v) is 3.36. The molecule has 0 radical (unpaired) electrons. The first-order chi connectivity index (χ1) is 14.2. The molecule has 6 nitrogen and oxygen atoms in total. The summed E-state index contributed by atoms with van der Waals surface area (Å²) >= 11 is 0. The molecule has 150 valence electrons. The molecule has 0 N–H and O–H groups in total. The number of hydrogen-bond donors (Lipinski definition) is 0. The first kappa shape index (κ1) is 19.1. The van der Waals surface area contributed by atoms with Gasteiger partial charge >= 0.3 is 0 Å². The number of hydrogen-bond acceptors (Lipinski definition) is 4. The van der Waals surface area contributed by atoms with E-state index in [-0.39, 0.29) is 5.91 Å². The molecule has 1 aliphatic heterocycles. The Morgan fingerprint density at radius 1 is 1.10 bits per heavy atom. The Morgan fingerprint density at radius 3 is 2.66 bits per heavy atom. The number of aromatic nitrogens is 2. The number of carbonyl (C=O) groups is 1. The summed E-state index contributed by atoms with van der Waals surface area (Å²) < 4.78 is 13.4. The zero-order valence-corrected chi connectivity index (χ0v) is 16.6. The van der Waals surface area contributed by atoms with Crippen molar-refractivity contribution in [1.29, 1.82) is 0 Å². The third-order valence-electron chi connectivity index (χ3n) is 5.05. The van der Waals surface area contributed by atoms with E-state index in [1.165, 1.54) is 5.56 Å². The smallest absolute Gasteiger partial charge is 0.254 e. The first-order valence-electron chi connectivity index (χ1n) is 9.90. The normalized spacial score (nSPS) is 13.0. The molecule has 0 saturated heterocycles. The molecule has 1 aromatic heterocycles. The third-order valence-corrected chi connectivity index (χ3v) is 5.05. The monoisotopic (exact) mass is 391 g/mol. The van der Waals surface area contributed by atoms with Crippen LogP contribution in [0.5, 0.6) is 11.5 Å². The summed E-state index contributed by atoms with van der Waals surface area (Å²) in [6.07, 6.45) is 5.26. The van der Waals surface area contributed by atoms with E-state index in [0.717, 1.165) is 18.7 Å². The van der Waals surface area contributed by atoms with Crippen LogP contribution in [-0.2, 0) is 20.0 Å². The molecule has 4 rings (SSSR count). The molecule has 1 aliphatic rings. The number of rotatable bonds is 6. The molecule has 0 spiro atoms. The molecule has 3 aromatic rings. The number of ether oxygens (including phenoxy) is 2. The molecule has 0 aliphatic carbocycles. The number of fused-ring (bicyclic) bond motifs is 1. The molecule has 2 heterocycles. The van der Waals surface area contributed by atoms with Gasteiger partial charge in [0, 0.05) is 38.0 Å². The van der Waals surface area contributed by atoms with E-state index >= 15 is 0 Å². The number of carbonyl (C=O) groups excluding carboxylic acids is 1. The second-order valence-electron chi connectivity index (χ2n) is 7.13. The van der Waals surface area contributed by atoms with Gasteiger partial charge in [0.05, 0.1) is 19.8 Å². The highest BCUT2D eigenvalue weighted by atomic mass is 16.5. The van der Waals surface area contributed by atoms with Gasteiger partial charge in [0.25, 0.3) is 5.91 Å². The Bertz CT molecular complexity index is 969. The molecule has 29 heavy (non-hydrogen) atoms. The van der Waals surface area contributed by atoms with Gasteiger partial charge in [-0.05, 0) is 30.2 Å². The van der Waals surface area contributed by atoms with Gasteiger partial charge in [0.2, 0.25) is 0 Å². The molecule has 1 amide bonds. The standard InChI is InChI=1S/C23H25N3O3/c1-25-13-11-24-22(25)17-26(12-10-18-6-3-2-4-7-18)23(27)19-8-9-20-21(16-19)29-15-5-14-28-20/h2-4,6-9,11,13,16H,5,10,12,14-15,17H2,1H3. The minimum Gasteiger partial charge on any atom is -0.490 e. The quantitative estimate of drug-likeness (QED) is 0.646. The van der Waals surface area contributed by atoms with Crippen LogP contribution in [0.4, 0.5) is 0 Å². The molecular formula is C23H25N3O3. The zero-order chi connectivity index (χ0) is 20.1. The molecule has 2 aromatic carbocycles. The summed E-state index contributed by atoms with van der Waals surface area (Å²) in [5, 5.41) is 0. The van der Waals surface area contributed by atoms with Crippen LogP contribution in [0.15, 0.2) is 60.9 Å². The van der Waals surface area contributed by atoms with Crippen molar-refractivity contribution in [1.82, 2.24) is 14.5 Å². The third kappa shape index (κ3) is 4.59. The van der Waals surface area contributed by atoms with Gasteiger partial charge in [-0.2, -0.15) is 0 Å². The van der Waals surface area contributed by atoms with Gasteiger partial charge in [-0.25, -0.2) is 4.98 Å². The maximum Gasteiger partial charge on any atom is 0.254 e. The summed E-state index contributed by atoms with van der Waals surface area (Å²) in [5.41, 5.74) is 1.79. The van der Waals surface area contributed by atoms with Gasteiger partial charge in [-0.1, -0.05) is 30.3 Å². The van der Waals surface area contributed by atoms with E-state index in [4.69, 9.17) is 9.47 Å². The van der Waals surface area contributed by atoms with E-state index in [0.29, 0.717) is 43.4 Å². The highest BCUT2D eigenvalue weighted by molar-refractivity contribution is 5.95. The van der Waals surface area contributed by atoms with Gasteiger partial charge in [-0.15, -0.1) is 0 Å². The van der Waals surface area contributed by atoms with E-state index in [1.54, 1.807) is 12.3 Å². The lowest BCUT2D eigenvalue weighted by atomic mass is 10.1. The molecule has 6 heteroatoms. The summed E-state index contributed by atoms with van der Waals surface area (Å²) in [5.74, 6) is 2.13. The van der Waals surface area contributed by atoms with Crippen molar-refractivity contribution in [3.63, 3.8) is 0 Å². The average molecular weight is 391 g/mol. The lowest BCUT2D eigenvalue weighted by Gasteiger charge is -2.23. The highest BCUT2D eigenvalue weighted by Gasteiger charge is 2.20. The number of aryl methyl sites for hydroxylation is 1. The van der Waals surface area contributed by atoms with Crippen LogP contribution < -0.4 is 9.47 Å². The SMILES string of the molecule is Cn1ccnc1CN(CCc1ccccc1)C(=O)c1ccc2c(c1)OCCCO2. The lowest BCUT2D eigenvalue weighted by Crippen LogP contribution is -2.33. The summed E-state index contributed by atoms with van der Waals surface area (Å²) in [6, 6.07) is 15.6. The topological polar surface area (TPSA) is 56.6 Å². The second-order valence-corrected chi connectivity index (χ2v) is 7.13. The molecule has 0 atom stereocenters. The minimum atomic E-state index is -0.0421. The van der Waals surface area contributed by atoms with E-state index in [2.05, 4.69) is 17.1 Å². The van der Waals surface area contributed by atoms with E-state index in [1.807, 2.05) is 53.0 Å². The van der Waals surface area contributed by atoms with Crippen LogP contribution in [0.3, 0.4) is 0 Å². The number of imidazole rings is 1. The molecular weight excluding hydrogens is 366 g/mol. The average Bonchev–Trinajstić information content (AvgIpc) is 3.01. The Hall–Kier alpha value is -3.28. The van der Waals surface area contributed by atoms with Crippen molar-refractivity contribution in [3.05, 3.63) is 77.9 Å². The fourth-order valence-electron chi connectivity index (χ4n) is 3.36. The van der Waals surface area contributed by atoms with Gasteiger partial charge < -0.3 is 18.9 Å². The number of nitrogens with zero attached hydrogens (tertiary/aromatic N) is 3. The van der Waals surface area contributed by atoms with Crippen LogP contribution in [-0.4, -0.2) is 40.1 Å². The molecule has 0 unspecified atom stereocenters. The Balaban J connectivity index is 1.56. The Kier molecular flexibility index (Phi) is 5.79. The zero-order valence-electron chi connectivity index (χ0n) is 16.6. The first-order valence-corrected chi connectivity index (χ1v) is 9.90. The lowest BCUT2D eigenvalue weighted by molar-refractivity contribution is 0.0739. The fraction of sp³-hybridized carbons (Fsp3) is 0.304. The predicted molar refractivity (Wildman–Crippen MR) is 110 cm³/mol. The molecule has 0 saturated carbocycles. The van der Waals surface area contributed by atoms with Crippen molar-refractivity contribution >= 4 is 5.91 Å². The summed E-state index contributed by atoms with van der Waals surface area (Å²) in [4.78, 5) is 19.6. The Labute approximate surface area is 170 Å². The second kappa shape index (κ2) is 8.82. The summed E-state index contributed by atoms with van der Waals surface area (Å²) in [6.45, 7) is 2.27. The Morgan fingerprint density at radius 2 is 1.90 bits per heavy atom. The van der Waals surface area contributed by atoms with Crippen LogP contribution in [0.25, 0.3) is 0 Å². The van der Waals surface area contributed by atoms with Crippen molar-refractivity contribution in [2.24, 2.45) is 7.05 Å². The van der Waals surface area contributed by atoms with Gasteiger partial charge in [-0.3, -0.25) is 4.79 Å². The number of benzene rings is 2. The molecule has 0 fully saturated rings. The van der Waals surface area contributed by atoms with Crippen LogP contribution in [0.2, 0.25) is 0 Å². The van der Waals surface area contributed by atoms with Crippen LogP contribution in [0, 0.1) is 0 Å². The van der Waals surface area contributed by atoms with E-state index in [9.17, 15) is 4.79 Å². The maximum atomic E-state index is 13.4. The van der Waals surface area contributed by atoms with Crippen LogP contribution in [0.1, 0.15) is 28.2 Å². The van der Waals surface area contributed by atoms with E-state index < -0.39 is 0 Å². The van der Waals surface area contributed by atoms with Gasteiger partial charge in [0.1, 0.15) is 5.82 Å².